The van der Waals surface area contributed by atoms with E-state index in [0.29, 0.717) is 23.0 Å². The van der Waals surface area contributed by atoms with Gasteiger partial charge in [-0.2, -0.15) is 0 Å². The smallest absolute Gasteiger partial charge is 0.263 e. The Bertz CT molecular complexity index is 1210. The fourth-order valence-electron chi connectivity index (χ4n) is 3.36. The predicted molar refractivity (Wildman–Crippen MR) is 112 cm³/mol. The van der Waals surface area contributed by atoms with E-state index < -0.39 is 0 Å². The van der Waals surface area contributed by atoms with Crippen LogP contribution in [0, 0.1) is 0 Å². The highest BCUT2D eigenvalue weighted by atomic mass is 16.5. The van der Waals surface area contributed by atoms with E-state index in [1.165, 1.54) is 6.39 Å². The number of hydrogen-bond donors (Lipinski definition) is 1. The molecule has 0 aliphatic carbocycles. The number of hydrogen-bond acceptors (Lipinski definition) is 8. The van der Waals surface area contributed by atoms with Gasteiger partial charge in [-0.05, 0) is 0 Å². The summed E-state index contributed by atoms with van der Waals surface area (Å²) in [6, 6.07) is 17.6. The highest BCUT2D eigenvalue weighted by molar-refractivity contribution is 5.97. The monoisotopic (exact) mass is 398 g/mol. The van der Waals surface area contributed by atoms with Crippen LogP contribution < -0.4 is 5.73 Å². The van der Waals surface area contributed by atoms with E-state index in [0.717, 1.165) is 16.7 Å². The van der Waals surface area contributed by atoms with Crippen molar-refractivity contribution in [2.24, 2.45) is 5.10 Å². The Morgan fingerprint density at radius 3 is 2.50 bits per heavy atom. The molecular weight excluding hydrogens is 380 g/mol. The van der Waals surface area contributed by atoms with Gasteiger partial charge >= 0.3 is 0 Å². The highest BCUT2D eigenvalue weighted by Gasteiger charge is 2.30. The summed E-state index contributed by atoms with van der Waals surface area (Å²) in [7, 11) is 1.84. The number of aromatic nitrogens is 3. The Kier molecular flexibility index (Phi) is 4.36. The van der Waals surface area contributed by atoms with Crippen LogP contribution in [-0.2, 0) is 4.74 Å². The van der Waals surface area contributed by atoms with Crippen molar-refractivity contribution in [3.05, 3.63) is 84.6 Å². The number of nitrogen functional groups attached to an aromatic ring is 1. The lowest BCUT2D eigenvalue weighted by atomic mass is 10.0. The summed E-state index contributed by atoms with van der Waals surface area (Å²) in [6.45, 7) is 0. The van der Waals surface area contributed by atoms with Crippen LogP contribution in [0.25, 0.3) is 22.6 Å². The molecule has 2 aromatic heterocycles. The molecule has 4 aromatic rings. The minimum Gasteiger partial charge on any atom is -0.445 e. The first-order valence-corrected chi connectivity index (χ1v) is 9.35. The average Bonchev–Trinajstić information content (AvgIpc) is 3.45. The summed E-state index contributed by atoms with van der Waals surface area (Å²) < 4.78 is 11.6. The minimum absolute atomic E-state index is 0.247. The zero-order valence-corrected chi connectivity index (χ0v) is 16.1. The molecule has 1 aliphatic heterocycles. The summed E-state index contributed by atoms with van der Waals surface area (Å²) in [5.74, 6) is 1.22. The average molecular weight is 398 g/mol. The minimum atomic E-state index is -0.354. The topological polar surface area (TPSA) is 103 Å². The van der Waals surface area contributed by atoms with Crippen molar-refractivity contribution in [3.63, 3.8) is 0 Å². The van der Waals surface area contributed by atoms with E-state index in [9.17, 15) is 0 Å². The molecule has 5 rings (SSSR count). The van der Waals surface area contributed by atoms with E-state index in [4.69, 9.17) is 19.9 Å². The number of hydrazone groups is 1. The Balaban J connectivity index is 1.53. The summed E-state index contributed by atoms with van der Waals surface area (Å²) in [5, 5.41) is 6.24. The maximum Gasteiger partial charge on any atom is 0.263 e. The third-order valence-corrected chi connectivity index (χ3v) is 4.80. The van der Waals surface area contributed by atoms with Gasteiger partial charge in [-0.3, -0.25) is 5.01 Å². The molecule has 0 amide bonds. The van der Waals surface area contributed by atoms with Crippen LogP contribution in [0.2, 0.25) is 0 Å². The van der Waals surface area contributed by atoms with Gasteiger partial charge in [0.25, 0.3) is 5.90 Å². The van der Waals surface area contributed by atoms with Crippen LogP contribution in [-0.4, -0.2) is 32.9 Å². The SMILES string of the molecule is CN1N=C(c2nc(-c3ccccc3-c3cnco3)cnc2N)OC1c1ccccc1. The Labute approximate surface area is 172 Å². The van der Waals surface area contributed by atoms with E-state index in [1.807, 2.05) is 61.6 Å². The lowest BCUT2D eigenvalue weighted by Crippen LogP contribution is -2.16. The molecule has 8 heteroatoms. The largest absolute Gasteiger partial charge is 0.445 e. The number of nitrogens with zero attached hydrogens (tertiary/aromatic N) is 5. The third kappa shape index (κ3) is 3.14. The molecule has 148 valence electrons. The van der Waals surface area contributed by atoms with Gasteiger partial charge in [0.2, 0.25) is 6.23 Å². The fourth-order valence-corrected chi connectivity index (χ4v) is 3.36. The van der Waals surface area contributed by atoms with Crippen LogP contribution in [0.4, 0.5) is 5.82 Å². The van der Waals surface area contributed by atoms with Crippen molar-refractivity contribution in [2.45, 2.75) is 6.23 Å². The zero-order chi connectivity index (χ0) is 20.5. The van der Waals surface area contributed by atoms with Gasteiger partial charge in [0.05, 0.1) is 18.1 Å². The molecule has 8 nitrogen and oxygen atoms in total. The van der Waals surface area contributed by atoms with Crippen molar-refractivity contribution >= 4 is 11.7 Å². The van der Waals surface area contributed by atoms with Gasteiger partial charge < -0.3 is 14.9 Å². The van der Waals surface area contributed by atoms with E-state index in [1.54, 1.807) is 17.4 Å². The van der Waals surface area contributed by atoms with Crippen molar-refractivity contribution in [1.29, 1.82) is 0 Å². The molecule has 0 saturated carbocycles. The zero-order valence-electron chi connectivity index (χ0n) is 16.1. The summed E-state index contributed by atoms with van der Waals surface area (Å²) >= 11 is 0. The summed E-state index contributed by atoms with van der Waals surface area (Å²) in [6.07, 6.45) is 4.33. The lowest BCUT2D eigenvalue weighted by Gasteiger charge is -2.17. The molecule has 0 radical (unpaired) electrons. The first-order valence-electron chi connectivity index (χ1n) is 9.35. The molecule has 0 fully saturated rings. The molecule has 1 atom stereocenters. The van der Waals surface area contributed by atoms with Crippen molar-refractivity contribution in [1.82, 2.24) is 20.0 Å². The fraction of sp³-hybridized carbons (Fsp3) is 0.0909. The van der Waals surface area contributed by atoms with Crippen molar-refractivity contribution < 1.29 is 9.15 Å². The van der Waals surface area contributed by atoms with Gasteiger partial charge in [0, 0.05) is 23.7 Å². The molecule has 3 heterocycles. The van der Waals surface area contributed by atoms with Crippen LogP contribution in [0.3, 0.4) is 0 Å². The molecular formula is C22H18N6O2. The molecule has 2 N–H and O–H groups in total. The first kappa shape index (κ1) is 17.9. The van der Waals surface area contributed by atoms with Gasteiger partial charge in [-0.1, -0.05) is 54.6 Å². The number of rotatable bonds is 4. The summed E-state index contributed by atoms with van der Waals surface area (Å²) in [5.41, 5.74) is 9.83. The third-order valence-electron chi connectivity index (χ3n) is 4.80. The van der Waals surface area contributed by atoms with Crippen LogP contribution in [0.5, 0.6) is 0 Å². The predicted octanol–water partition coefficient (Wildman–Crippen LogP) is 3.70. The van der Waals surface area contributed by atoms with Crippen molar-refractivity contribution in [2.75, 3.05) is 12.8 Å². The maximum atomic E-state index is 6.13. The van der Waals surface area contributed by atoms with Crippen molar-refractivity contribution in [3.8, 4) is 22.6 Å². The van der Waals surface area contributed by atoms with Gasteiger partial charge in [-0.15, -0.1) is 5.10 Å². The number of nitrogens with two attached hydrogens (primary N) is 1. The lowest BCUT2D eigenvalue weighted by molar-refractivity contribution is 0.0778. The Morgan fingerprint density at radius 2 is 1.73 bits per heavy atom. The van der Waals surface area contributed by atoms with E-state index in [-0.39, 0.29) is 12.0 Å². The quantitative estimate of drug-likeness (QED) is 0.559. The molecule has 0 bridgehead atoms. The number of ether oxygens (including phenoxy) is 1. The summed E-state index contributed by atoms with van der Waals surface area (Å²) in [4.78, 5) is 13.1. The number of anilines is 1. The second-order valence-electron chi connectivity index (χ2n) is 6.76. The molecule has 1 unspecified atom stereocenters. The second-order valence-corrected chi connectivity index (χ2v) is 6.76. The van der Waals surface area contributed by atoms with Gasteiger partial charge in [-0.25, -0.2) is 15.0 Å². The van der Waals surface area contributed by atoms with Crippen LogP contribution >= 0.6 is 0 Å². The Morgan fingerprint density at radius 1 is 0.967 bits per heavy atom. The number of oxazole rings is 1. The number of benzene rings is 2. The normalized spacial score (nSPS) is 15.7. The highest BCUT2D eigenvalue weighted by Crippen LogP contribution is 2.33. The molecule has 30 heavy (non-hydrogen) atoms. The van der Waals surface area contributed by atoms with Gasteiger partial charge in [0.15, 0.2) is 23.7 Å². The first-order chi connectivity index (χ1) is 14.7. The second kappa shape index (κ2) is 7.32. The molecule has 1 aliphatic rings. The van der Waals surface area contributed by atoms with E-state index >= 15 is 0 Å². The van der Waals surface area contributed by atoms with E-state index in [2.05, 4.69) is 15.1 Å². The Hall–Kier alpha value is -4.20. The maximum absolute atomic E-state index is 6.13. The molecule has 2 aromatic carbocycles. The standard InChI is InChI=1S/C22H18N6O2/c1-28-22(14-7-3-2-4-8-14)30-21(27-28)19-20(23)25-11-17(26-19)15-9-5-6-10-16(15)18-12-24-13-29-18/h2-13,22H,1H3,(H2,23,25). The molecule has 0 spiro atoms. The molecule has 0 saturated heterocycles. The van der Waals surface area contributed by atoms with Crippen LogP contribution in [0.15, 0.2) is 82.9 Å². The van der Waals surface area contributed by atoms with Gasteiger partial charge in [0.1, 0.15) is 0 Å². The van der Waals surface area contributed by atoms with Crippen LogP contribution in [0.1, 0.15) is 17.5 Å².